The van der Waals surface area contributed by atoms with Gasteiger partial charge >= 0.3 is 0 Å². The highest BCUT2D eigenvalue weighted by Gasteiger charge is 2.72. The van der Waals surface area contributed by atoms with Crippen LogP contribution in [0.15, 0.2) is 0 Å². The molecule has 2 bridgehead atoms. The second-order valence-electron chi connectivity index (χ2n) is 4.64. The highest BCUT2D eigenvalue weighted by atomic mass is 16.1. The molecule has 0 aromatic heterocycles. The van der Waals surface area contributed by atoms with Gasteiger partial charge in [-0.1, -0.05) is 13.8 Å². The quantitative estimate of drug-likeness (QED) is 0.664. The Morgan fingerprint density at radius 1 is 0.923 bits per heavy atom. The molecule has 72 valence electrons. The van der Waals surface area contributed by atoms with Crippen LogP contribution in [0.5, 0.6) is 0 Å². The van der Waals surface area contributed by atoms with Crippen LogP contribution >= 0.6 is 0 Å². The van der Waals surface area contributed by atoms with E-state index >= 15 is 0 Å². The Kier molecular flexibility index (Phi) is 1.67. The number of Topliss-reactive ketones (excluding diaryl/α,β-unsaturated/α-hetero) is 2. The van der Waals surface area contributed by atoms with E-state index in [4.69, 9.17) is 0 Å². The number of carbonyl (C=O) groups excluding carboxylic acids is 2. The van der Waals surface area contributed by atoms with Crippen molar-refractivity contribution in [2.75, 3.05) is 0 Å². The average Bonchev–Trinajstić information content (AvgIpc) is 1.98. The summed E-state index contributed by atoms with van der Waals surface area (Å²) in [6.07, 6.45) is 3.85. The molecule has 0 atom stereocenters. The van der Waals surface area contributed by atoms with Crippen molar-refractivity contribution in [1.82, 2.24) is 0 Å². The third-order valence-corrected chi connectivity index (χ3v) is 3.86. The van der Waals surface area contributed by atoms with Crippen LogP contribution in [-0.2, 0) is 9.59 Å². The molecule has 0 radical (unpaired) electrons. The van der Waals surface area contributed by atoms with Gasteiger partial charge in [-0.2, -0.15) is 0 Å². The van der Waals surface area contributed by atoms with E-state index in [9.17, 15) is 9.59 Å². The van der Waals surface area contributed by atoms with Gasteiger partial charge in [-0.3, -0.25) is 9.59 Å². The van der Waals surface area contributed by atoms with Crippen molar-refractivity contribution in [2.45, 2.75) is 46.0 Å². The molecule has 0 amide bonds. The van der Waals surface area contributed by atoms with Gasteiger partial charge in [0.25, 0.3) is 0 Å². The normalized spacial score (nSPS) is 40.5. The molecule has 2 nitrogen and oxygen atoms in total. The number of rotatable bonds is 4. The van der Waals surface area contributed by atoms with Crippen LogP contribution in [-0.4, -0.2) is 11.6 Å². The van der Waals surface area contributed by atoms with E-state index in [1.54, 1.807) is 0 Å². The van der Waals surface area contributed by atoms with Crippen LogP contribution in [0.3, 0.4) is 0 Å². The summed E-state index contributed by atoms with van der Waals surface area (Å²) in [6, 6.07) is 0. The van der Waals surface area contributed by atoms with Gasteiger partial charge in [0.05, 0.1) is 0 Å². The van der Waals surface area contributed by atoms with E-state index in [1.165, 1.54) is 0 Å². The summed E-state index contributed by atoms with van der Waals surface area (Å²) in [4.78, 5) is 23.0. The molecule has 3 saturated carbocycles. The Labute approximate surface area is 78.7 Å². The fourth-order valence-corrected chi connectivity index (χ4v) is 3.13. The molecule has 13 heavy (non-hydrogen) atoms. The van der Waals surface area contributed by atoms with Crippen molar-refractivity contribution in [3.63, 3.8) is 0 Å². The van der Waals surface area contributed by atoms with Crippen LogP contribution < -0.4 is 0 Å². The summed E-state index contributed by atoms with van der Waals surface area (Å²) in [5.41, 5.74) is -0.0842. The van der Waals surface area contributed by atoms with E-state index in [1.807, 2.05) is 13.8 Å². The zero-order chi connectivity index (χ0) is 9.69. The minimum atomic E-state index is -0.0421. The molecule has 0 N–H and O–H groups in total. The van der Waals surface area contributed by atoms with Gasteiger partial charge in [-0.25, -0.2) is 0 Å². The first kappa shape index (κ1) is 8.92. The second kappa shape index (κ2) is 2.43. The van der Waals surface area contributed by atoms with Crippen LogP contribution in [0, 0.1) is 10.8 Å². The van der Waals surface area contributed by atoms with Gasteiger partial charge in [0.1, 0.15) is 11.6 Å². The Morgan fingerprint density at radius 2 is 1.23 bits per heavy atom. The smallest absolute Gasteiger partial charge is 0.138 e. The van der Waals surface area contributed by atoms with E-state index in [0.29, 0.717) is 24.4 Å². The summed E-state index contributed by atoms with van der Waals surface area (Å²) >= 11 is 0. The SMILES string of the molecule is CCC(=O)C12CC(C(=O)CC)(C1)C2. The van der Waals surface area contributed by atoms with E-state index < -0.39 is 0 Å². The summed E-state index contributed by atoms with van der Waals surface area (Å²) in [6.45, 7) is 3.83. The molecule has 3 rings (SSSR count). The standard InChI is InChI=1S/C11H16O2/c1-3-8(12)10-5-11(6-10,7-10)9(13)4-2/h3-7H2,1-2H3. The van der Waals surface area contributed by atoms with Crippen molar-refractivity contribution in [3.8, 4) is 0 Å². The molecule has 3 fully saturated rings. The minimum Gasteiger partial charge on any atom is -0.299 e. The van der Waals surface area contributed by atoms with Crippen molar-refractivity contribution < 1.29 is 9.59 Å². The molecule has 0 saturated heterocycles. The van der Waals surface area contributed by atoms with Crippen molar-refractivity contribution in [1.29, 1.82) is 0 Å². The van der Waals surface area contributed by atoms with Gasteiger partial charge in [-0.15, -0.1) is 0 Å². The van der Waals surface area contributed by atoms with Crippen LogP contribution in [0.2, 0.25) is 0 Å². The largest absolute Gasteiger partial charge is 0.299 e. The van der Waals surface area contributed by atoms with Crippen LogP contribution in [0.4, 0.5) is 0 Å². The summed E-state index contributed by atoms with van der Waals surface area (Å²) < 4.78 is 0. The van der Waals surface area contributed by atoms with E-state index in [2.05, 4.69) is 0 Å². The molecule has 0 spiro atoms. The van der Waals surface area contributed by atoms with Crippen LogP contribution in [0.25, 0.3) is 0 Å². The predicted molar refractivity (Wildman–Crippen MR) is 49.3 cm³/mol. The zero-order valence-electron chi connectivity index (χ0n) is 8.35. The monoisotopic (exact) mass is 180 g/mol. The Bertz CT molecular complexity index is 232. The van der Waals surface area contributed by atoms with Crippen molar-refractivity contribution >= 4 is 11.6 Å². The Morgan fingerprint density at radius 3 is 1.46 bits per heavy atom. The Hall–Kier alpha value is -0.660. The maximum Gasteiger partial charge on any atom is 0.138 e. The first-order valence-corrected chi connectivity index (χ1v) is 5.15. The lowest BCUT2D eigenvalue weighted by molar-refractivity contribution is -0.205. The molecule has 2 heteroatoms. The maximum absolute atomic E-state index is 11.5. The molecular weight excluding hydrogens is 164 g/mol. The molecule has 0 aromatic carbocycles. The molecular formula is C11H16O2. The lowest BCUT2D eigenvalue weighted by atomic mass is 9.32. The van der Waals surface area contributed by atoms with Crippen molar-refractivity contribution in [3.05, 3.63) is 0 Å². The molecule has 3 aliphatic carbocycles. The minimum absolute atomic E-state index is 0.0421. The molecule has 3 aliphatic rings. The molecule has 0 unspecified atom stereocenters. The number of hydrogen-bond acceptors (Lipinski definition) is 2. The molecule has 0 aromatic rings. The van der Waals surface area contributed by atoms with Gasteiger partial charge in [0.15, 0.2) is 0 Å². The summed E-state index contributed by atoms with van der Waals surface area (Å²) in [5, 5.41) is 0. The second-order valence-corrected chi connectivity index (χ2v) is 4.64. The number of ketones is 2. The predicted octanol–water partition coefficient (Wildman–Crippen LogP) is 2.11. The van der Waals surface area contributed by atoms with Crippen molar-refractivity contribution in [2.24, 2.45) is 10.8 Å². The topological polar surface area (TPSA) is 34.1 Å². The summed E-state index contributed by atoms with van der Waals surface area (Å²) in [5.74, 6) is 0.747. The molecule has 0 aliphatic heterocycles. The number of carbonyl (C=O) groups is 2. The van der Waals surface area contributed by atoms with E-state index in [-0.39, 0.29) is 10.8 Å². The van der Waals surface area contributed by atoms with E-state index in [0.717, 1.165) is 19.3 Å². The van der Waals surface area contributed by atoms with Gasteiger partial charge in [-0.05, 0) is 19.3 Å². The fourth-order valence-electron chi connectivity index (χ4n) is 3.13. The first-order valence-electron chi connectivity index (χ1n) is 5.15. The van der Waals surface area contributed by atoms with Gasteiger partial charge in [0, 0.05) is 23.7 Å². The van der Waals surface area contributed by atoms with Crippen LogP contribution in [0.1, 0.15) is 46.0 Å². The lowest BCUT2D eigenvalue weighted by Gasteiger charge is -2.68. The lowest BCUT2D eigenvalue weighted by Crippen LogP contribution is -2.68. The van der Waals surface area contributed by atoms with Gasteiger partial charge in [0.2, 0.25) is 0 Å². The number of hydrogen-bond donors (Lipinski definition) is 0. The van der Waals surface area contributed by atoms with Gasteiger partial charge < -0.3 is 0 Å². The first-order chi connectivity index (χ1) is 6.08. The highest BCUT2D eigenvalue weighted by molar-refractivity contribution is 5.97. The average molecular weight is 180 g/mol. The Balaban J connectivity index is 2.00. The third kappa shape index (κ3) is 0.890. The maximum atomic E-state index is 11.5. The summed E-state index contributed by atoms with van der Waals surface area (Å²) in [7, 11) is 0. The third-order valence-electron chi connectivity index (χ3n) is 3.86. The molecule has 0 heterocycles. The zero-order valence-corrected chi connectivity index (χ0v) is 8.35. The fraction of sp³-hybridized carbons (Fsp3) is 0.818. The highest BCUT2D eigenvalue weighted by Crippen LogP contribution is 2.74.